The maximum atomic E-state index is 13.5. The number of aliphatic hydroxyl groups is 1. The van der Waals surface area contributed by atoms with Gasteiger partial charge in [-0.25, -0.2) is 4.39 Å². The molecule has 3 aromatic carbocycles. The molecular weight excluding hydrogens is 327 g/mol. The highest BCUT2D eigenvalue weighted by molar-refractivity contribution is 6.33. The van der Waals surface area contributed by atoms with Crippen LogP contribution in [0.25, 0.3) is 11.1 Å². The summed E-state index contributed by atoms with van der Waals surface area (Å²) in [5.41, 5.74) is 2.93. The molecule has 0 spiro atoms. The number of halogens is 2. The summed E-state index contributed by atoms with van der Waals surface area (Å²) in [6, 6.07) is 19.3. The van der Waals surface area contributed by atoms with Gasteiger partial charge in [0.25, 0.3) is 0 Å². The molecule has 4 heteroatoms. The summed E-state index contributed by atoms with van der Waals surface area (Å²) in [4.78, 5) is 0. The van der Waals surface area contributed by atoms with Gasteiger partial charge in [0.1, 0.15) is 18.2 Å². The summed E-state index contributed by atoms with van der Waals surface area (Å²) in [6.07, 6.45) is 0. The molecule has 24 heavy (non-hydrogen) atoms. The molecule has 0 atom stereocenters. The maximum Gasteiger partial charge on any atom is 0.123 e. The first-order chi connectivity index (χ1) is 11.7. The second-order valence-corrected chi connectivity index (χ2v) is 5.78. The highest BCUT2D eigenvalue weighted by Crippen LogP contribution is 2.33. The molecule has 2 nitrogen and oxygen atoms in total. The lowest BCUT2D eigenvalue weighted by atomic mass is 9.99. The molecule has 0 saturated carbocycles. The zero-order valence-corrected chi connectivity index (χ0v) is 13.6. The Morgan fingerprint density at radius 1 is 0.917 bits per heavy atom. The fraction of sp³-hybridized carbons (Fsp3) is 0.100. The van der Waals surface area contributed by atoms with Crippen molar-refractivity contribution in [3.63, 3.8) is 0 Å². The molecular formula is C20H16ClFO2. The molecule has 0 aromatic heterocycles. The van der Waals surface area contributed by atoms with E-state index in [0.717, 1.165) is 5.56 Å². The minimum absolute atomic E-state index is 0.190. The highest BCUT2D eigenvalue weighted by Gasteiger charge is 2.11. The number of benzene rings is 3. The predicted molar refractivity (Wildman–Crippen MR) is 93.5 cm³/mol. The Balaban J connectivity index is 1.87. The van der Waals surface area contributed by atoms with E-state index < -0.39 is 0 Å². The van der Waals surface area contributed by atoms with Crippen molar-refractivity contribution >= 4 is 11.6 Å². The molecule has 0 saturated heterocycles. The molecule has 0 heterocycles. The Morgan fingerprint density at radius 3 is 2.46 bits per heavy atom. The van der Waals surface area contributed by atoms with E-state index in [-0.39, 0.29) is 12.4 Å². The van der Waals surface area contributed by atoms with Gasteiger partial charge in [0.15, 0.2) is 0 Å². The van der Waals surface area contributed by atoms with Crippen molar-refractivity contribution in [2.45, 2.75) is 13.2 Å². The van der Waals surface area contributed by atoms with Crippen LogP contribution < -0.4 is 4.74 Å². The van der Waals surface area contributed by atoms with Crippen LogP contribution in [0, 0.1) is 5.82 Å². The average molecular weight is 343 g/mol. The van der Waals surface area contributed by atoms with Crippen LogP contribution in [0.4, 0.5) is 4.39 Å². The summed E-state index contributed by atoms with van der Waals surface area (Å²) < 4.78 is 19.3. The number of rotatable bonds is 5. The standard InChI is InChI=1S/C20H16ClFO2/c21-20-9-6-16(22)11-19(20)18-8-7-17(10-15(18)12-23)24-13-14-4-2-1-3-5-14/h1-11,23H,12-13H2. The SMILES string of the molecule is OCc1cc(OCc2ccccc2)ccc1-c1cc(F)ccc1Cl. The fourth-order valence-electron chi connectivity index (χ4n) is 2.50. The van der Waals surface area contributed by atoms with E-state index in [9.17, 15) is 9.50 Å². The van der Waals surface area contributed by atoms with Crippen LogP contribution in [0.3, 0.4) is 0 Å². The average Bonchev–Trinajstić information content (AvgIpc) is 2.62. The molecule has 122 valence electrons. The van der Waals surface area contributed by atoms with Gasteiger partial charge in [-0.1, -0.05) is 48.0 Å². The van der Waals surface area contributed by atoms with Crippen LogP contribution in [0.15, 0.2) is 66.7 Å². The zero-order chi connectivity index (χ0) is 16.9. The quantitative estimate of drug-likeness (QED) is 0.689. The van der Waals surface area contributed by atoms with Crippen LogP contribution in [0.5, 0.6) is 5.75 Å². The molecule has 0 unspecified atom stereocenters. The molecule has 0 fully saturated rings. The topological polar surface area (TPSA) is 29.5 Å². The lowest BCUT2D eigenvalue weighted by Crippen LogP contribution is -1.97. The Bertz CT molecular complexity index is 834. The molecule has 0 amide bonds. The first kappa shape index (κ1) is 16.5. The predicted octanol–water partition coefficient (Wildman–Crippen LogP) is 5.22. The van der Waals surface area contributed by atoms with Crippen LogP contribution in [0.2, 0.25) is 5.02 Å². The van der Waals surface area contributed by atoms with Crippen LogP contribution in [0.1, 0.15) is 11.1 Å². The number of ether oxygens (including phenoxy) is 1. The van der Waals surface area contributed by atoms with E-state index >= 15 is 0 Å². The van der Waals surface area contributed by atoms with Crippen molar-refractivity contribution in [1.29, 1.82) is 0 Å². The highest BCUT2D eigenvalue weighted by atomic mass is 35.5. The molecule has 0 bridgehead atoms. The molecule has 0 radical (unpaired) electrons. The minimum Gasteiger partial charge on any atom is -0.489 e. The Hall–Kier alpha value is -2.36. The second-order valence-electron chi connectivity index (χ2n) is 5.38. The van der Waals surface area contributed by atoms with Crippen LogP contribution >= 0.6 is 11.6 Å². The second kappa shape index (κ2) is 7.47. The summed E-state index contributed by atoms with van der Waals surface area (Å²) in [5, 5.41) is 10.1. The third-order valence-electron chi connectivity index (χ3n) is 3.71. The number of hydrogen-bond acceptors (Lipinski definition) is 2. The van der Waals surface area contributed by atoms with Gasteiger partial charge in [-0.2, -0.15) is 0 Å². The van der Waals surface area contributed by atoms with Crippen LogP contribution in [-0.4, -0.2) is 5.11 Å². The van der Waals surface area contributed by atoms with Crippen molar-refractivity contribution in [1.82, 2.24) is 0 Å². The Labute approximate surface area is 145 Å². The summed E-state index contributed by atoms with van der Waals surface area (Å²) >= 11 is 6.16. The lowest BCUT2D eigenvalue weighted by Gasteiger charge is -2.13. The molecule has 3 rings (SSSR count). The number of hydrogen-bond donors (Lipinski definition) is 1. The molecule has 0 aliphatic rings. The van der Waals surface area contributed by atoms with E-state index in [1.54, 1.807) is 18.2 Å². The third kappa shape index (κ3) is 3.75. The normalized spacial score (nSPS) is 10.6. The van der Waals surface area contributed by atoms with Gasteiger partial charge in [-0.3, -0.25) is 0 Å². The van der Waals surface area contributed by atoms with E-state index in [1.807, 2.05) is 30.3 Å². The van der Waals surface area contributed by atoms with Gasteiger partial charge in [-0.15, -0.1) is 0 Å². The summed E-state index contributed by atoms with van der Waals surface area (Å²) in [7, 11) is 0. The molecule has 3 aromatic rings. The molecule has 0 aliphatic heterocycles. The van der Waals surface area contributed by atoms with E-state index in [1.165, 1.54) is 18.2 Å². The van der Waals surface area contributed by atoms with Gasteiger partial charge in [0.05, 0.1) is 6.61 Å². The largest absolute Gasteiger partial charge is 0.489 e. The van der Waals surface area contributed by atoms with Crippen molar-refractivity contribution in [2.24, 2.45) is 0 Å². The van der Waals surface area contributed by atoms with Gasteiger partial charge in [-0.05, 0) is 47.0 Å². The summed E-state index contributed by atoms with van der Waals surface area (Å²) in [6.45, 7) is 0.247. The monoisotopic (exact) mass is 342 g/mol. The maximum absolute atomic E-state index is 13.5. The third-order valence-corrected chi connectivity index (χ3v) is 4.04. The fourth-order valence-corrected chi connectivity index (χ4v) is 2.72. The van der Waals surface area contributed by atoms with E-state index in [2.05, 4.69) is 0 Å². The first-order valence-electron chi connectivity index (χ1n) is 7.53. The van der Waals surface area contributed by atoms with Crippen LogP contribution in [-0.2, 0) is 13.2 Å². The van der Waals surface area contributed by atoms with Crippen molar-refractivity contribution in [3.8, 4) is 16.9 Å². The molecule has 0 aliphatic carbocycles. The lowest BCUT2D eigenvalue weighted by molar-refractivity contribution is 0.278. The smallest absolute Gasteiger partial charge is 0.123 e. The zero-order valence-electron chi connectivity index (χ0n) is 12.9. The Morgan fingerprint density at radius 2 is 1.71 bits per heavy atom. The van der Waals surface area contributed by atoms with Gasteiger partial charge < -0.3 is 9.84 Å². The van der Waals surface area contributed by atoms with Crippen molar-refractivity contribution in [2.75, 3.05) is 0 Å². The van der Waals surface area contributed by atoms with E-state index in [4.69, 9.17) is 16.3 Å². The van der Waals surface area contributed by atoms with Gasteiger partial charge in [0.2, 0.25) is 0 Å². The molecule has 1 N–H and O–H groups in total. The number of aliphatic hydroxyl groups excluding tert-OH is 1. The first-order valence-corrected chi connectivity index (χ1v) is 7.91. The van der Waals surface area contributed by atoms with Crippen molar-refractivity contribution < 1.29 is 14.2 Å². The van der Waals surface area contributed by atoms with Gasteiger partial charge in [0, 0.05) is 10.6 Å². The summed E-state index contributed by atoms with van der Waals surface area (Å²) in [5.74, 6) is 0.266. The van der Waals surface area contributed by atoms with Gasteiger partial charge >= 0.3 is 0 Å². The minimum atomic E-state index is -0.373. The van der Waals surface area contributed by atoms with Crippen molar-refractivity contribution in [3.05, 3.63) is 88.7 Å². The Kier molecular flexibility index (Phi) is 5.14. The van der Waals surface area contributed by atoms with E-state index in [0.29, 0.717) is 34.1 Å².